The molecular formula is C14H18N4. The van der Waals surface area contributed by atoms with Gasteiger partial charge in [-0.05, 0) is 24.8 Å². The minimum atomic E-state index is 0.430. The molecule has 4 nitrogen and oxygen atoms in total. The Bertz CT molecular complexity index is 532. The van der Waals surface area contributed by atoms with Crippen LogP contribution in [0.1, 0.15) is 25.2 Å². The maximum Gasteiger partial charge on any atom is 0.154 e. The lowest BCUT2D eigenvalue weighted by Gasteiger charge is -2.07. The molecule has 0 saturated carbocycles. The van der Waals surface area contributed by atoms with Crippen LogP contribution in [0.3, 0.4) is 0 Å². The van der Waals surface area contributed by atoms with Crippen molar-refractivity contribution in [3.8, 4) is 11.3 Å². The van der Waals surface area contributed by atoms with Gasteiger partial charge in [-0.15, -0.1) is 10.2 Å². The largest absolute Gasteiger partial charge is 0.382 e. The molecule has 0 fully saturated rings. The number of benzene rings is 1. The maximum absolute atomic E-state index is 5.86. The highest BCUT2D eigenvalue weighted by Gasteiger charge is 2.07. The zero-order chi connectivity index (χ0) is 13.1. The fraction of sp³-hybridized carbons (Fsp3) is 0.357. The summed E-state index contributed by atoms with van der Waals surface area (Å²) in [7, 11) is 0. The Morgan fingerprint density at radius 3 is 2.33 bits per heavy atom. The highest BCUT2D eigenvalue weighted by Crippen LogP contribution is 2.22. The number of anilines is 1. The molecule has 4 heteroatoms. The molecule has 1 aromatic heterocycles. The molecule has 0 spiro atoms. The van der Waals surface area contributed by atoms with Gasteiger partial charge in [0.15, 0.2) is 5.82 Å². The van der Waals surface area contributed by atoms with E-state index in [1.165, 1.54) is 5.56 Å². The molecule has 0 unspecified atom stereocenters. The van der Waals surface area contributed by atoms with Gasteiger partial charge in [-0.2, -0.15) is 0 Å². The van der Waals surface area contributed by atoms with Gasteiger partial charge >= 0.3 is 0 Å². The fourth-order valence-electron chi connectivity index (χ4n) is 1.90. The van der Waals surface area contributed by atoms with Crippen LogP contribution in [0.5, 0.6) is 0 Å². The van der Waals surface area contributed by atoms with E-state index in [1.54, 1.807) is 6.92 Å². The van der Waals surface area contributed by atoms with Crippen molar-refractivity contribution in [3.05, 3.63) is 35.7 Å². The second-order valence-corrected chi connectivity index (χ2v) is 4.89. The Balaban J connectivity index is 2.28. The van der Waals surface area contributed by atoms with Gasteiger partial charge in [-0.3, -0.25) is 0 Å². The van der Waals surface area contributed by atoms with E-state index in [0.29, 0.717) is 23.3 Å². The lowest BCUT2D eigenvalue weighted by Crippen LogP contribution is -2.02. The SMILES string of the molecule is Cc1nnc(-c2ccc(CC(C)C)cc2)c(N)n1. The summed E-state index contributed by atoms with van der Waals surface area (Å²) in [5, 5.41) is 8.05. The average Bonchev–Trinajstić information content (AvgIpc) is 2.30. The first-order valence-corrected chi connectivity index (χ1v) is 6.12. The first-order chi connectivity index (χ1) is 8.56. The Morgan fingerprint density at radius 1 is 1.11 bits per heavy atom. The molecule has 2 N–H and O–H groups in total. The van der Waals surface area contributed by atoms with Gasteiger partial charge in [0.1, 0.15) is 11.5 Å². The zero-order valence-corrected chi connectivity index (χ0v) is 11.0. The molecule has 18 heavy (non-hydrogen) atoms. The minimum absolute atomic E-state index is 0.430. The van der Waals surface area contributed by atoms with Gasteiger partial charge in [0, 0.05) is 5.56 Å². The summed E-state index contributed by atoms with van der Waals surface area (Å²) in [6.45, 7) is 6.20. The van der Waals surface area contributed by atoms with E-state index in [9.17, 15) is 0 Å². The second kappa shape index (κ2) is 5.12. The van der Waals surface area contributed by atoms with Gasteiger partial charge in [0.2, 0.25) is 0 Å². The molecule has 2 aromatic rings. The summed E-state index contributed by atoms with van der Waals surface area (Å²) >= 11 is 0. The van der Waals surface area contributed by atoms with Crippen molar-refractivity contribution in [1.82, 2.24) is 15.2 Å². The van der Waals surface area contributed by atoms with Gasteiger partial charge in [-0.1, -0.05) is 38.1 Å². The van der Waals surface area contributed by atoms with Crippen LogP contribution in [0.15, 0.2) is 24.3 Å². The van der Waals surface area contributed by atoms with Crippen LogP contribution in [0.25, 0.3) is 11.3 Å². The maximum atomic E-state index is 5.86. The van der Waals surface area contributed by atoms with E-state index in [0.717, 1.165) is 12.0 Å². The number of rotatable bonds is 3. The molecule has 2 rings (SSSR count). The summed E-state index contributed by atoms with van der Waals surface area (Å²) in [6.07, 6.45) is 1.08. The van der Waals surface area contributed by atoms with Crippen LogP contribution in [0.2, 0.25) is 0 Å². The van der Waals surface area contributed by atoms with Gasteiger partial charge < -0.3 is 5.73 Å². The lowest BCUT2D eigenvalue weighted by atomic mass is 10.0. The molecule has 1 aromatic carbocycles. The average molecular weight is 242 g/mol. The van der Waals surface area contributed by atoms with Crippen molar-refractivity contribution in [2.75, 3.05) is 5.73 Å². The monoisotopic (exact) mass is 242 g/mol. The summed E-state index contributed by atoms with van der Waals surface area (Å²) in [5.41, 5.74) is 8.79. The lowest BCUT2D eigenvalue weighted by molar-refractivity contribution is 0.647. The van der Waals surface area contributed by atoms with E-state index >= 15 is 0 Å². The number of hydrogen-bond acceptors (Lipinski definition) is 4. The van der Waals surface area contributed by atoms with Crippen LogP contribution in [-0.4, -0.2) is 15.2 Å². The Morgan fingerprint density at radius 2 is 1.78 bits per heavy atom. The third-order valence-electron chi connectivity index (χ3n) is 2.69. The first kappa shape index (κ1) is 12.5. The summed E-state index contributed by atoms with van der Waals surface area (Å²) in [4.78, 5) is 4.12. The molecule has 0 saturated heterocycles. The van der Waals surface area contributed by atoms with Crippen LogP contribution < -0.4 is 5.73 Å². The second-order valence-electron chi connectivity index (χ2n) is 4.89. The van der Waals surface area contributed by atoms with Gasteiger partial charge in [0.05, 0.1) is 0 Å². The summed E-state index contributed by atoms with van der Waals surface area (Å²) in [5.74, 6) is 1.67. The molecule has 0 amide bonds. The van der Waals surface area contributed by atoms with Crippen molar-refractivity contribution >= 4 is 5.82 Å². The summed E-state index contributed by atoms with van der Waals surface area (Å²) < 4.78 is 0. The van der Waals surface area contributed by atoms with Crippen molar-refractivity contribution in [2.24, 2.45) is 5.92 Å². The molecule has 0 aliphatic rings. The van der Waals surface area contributed by atoms with Crippen molar-refractivity contribution in [1.29, 1.82) is 0 Å². The third-order valence-corrected chi connectivity index (χ3v) is 2.69. The third kappa shape index (κ3) is 2.83. The van der Waals surface area contributed by atoms with Crippen LogP contribution in [0.4, 0.5) is 5.82 Å². The number of aryl methyl sites for hydroxylation is 1. The quantitative estimate of drug-likeness (QED) is 0.898. The van der Waals surface area contributed by atoms with E-state index < -0.39 is 0 Å². The molecule has 0 aliphatic carbocycles. The predicted octanol–water partition coefficient (Wildman–Crippen LogP) is 2.63. The van der Waals surface area contributed by atoms with Crippen LogP contribution in [0, 0.1) is 12.8 Å². The van der Waals surface area contributed by atoms with Gasteiger partial charge in [0.25, 0.3) is 0 Å². The molecule has 0 atom stereocenters. The number of nitrogens with zero attached hydrogens (tertiary/aromatic N) is 3. The fourth-order valence-corrected chi connectivity index (χ4v) is 1.90. The molecule has 0 aliphatic heterocycles. The van der Waals surface area contributed by atoms with Crippen LogP contribution >= 0.6 is 0 Å². The highest BCUT2D eigenvalue weighted by atomic mass is 15.2. The van der Waals surface area contributed by atoms with E-state index in [2.05, 4.69) is 41.2 Å². The minimum Gasteiger partial charge on any atom is -0.382 e. The molecule has 0 radical (unpaired) electrons. The standard InChI is InChI=1S/C14H18N4/c1-9(2)8-11-4-6-12(7-5-11)13-14(15)16-10(3)17-18-13/h4-7,9H,8H2,1-3H3,(H2,15,16,17). The Kier molecular flexibility index (Phi) is 3.55. The zero-order valence-electron chi connectivity index (χ0n) is 11.0. The van der Waals surface area contributed by atoms with E-state index in [1.807, 2.05) is 12.1 Å². The predicted molar refractivity (Wildman–Crippen MR) is 73.0 cm³/mol. The van der Waals surface area contributed by atoms with Crippen molar-refractivity contribution in [3.63, 3.8) is 0 Å². The number of hydrogen-bond donors (Lipinski definition) is 1. The molecule has 94 valence electrons. The van der Waals surface area contributed by atoms with Crippen molar-refractivity contribution < 1.29 is 0 Å². The van der Waals surface area contributed by atoms with E-state index in [-0.39, 0.29) is 0 Å². The normalized spacial score (nSPS) is 10.9. The molecule has 0 bridgehead atoms. The summed E-state index contributed by atoms with van der Waals surface area (Å²) in [6, 6.07) is 8.26. The smallest absolute Gasteiger partial charge is 0.154 e. The first-order valence-electron chi connectivity index (χ1n) is 6.12. The number of nitrogens with two attached hydrogens (primary N) is 1. The van der Waals surface area contributed by atoms with Gasteiger partial charge in [-0.25, -0.2) is 4.98 Å². The molecule has 1 heterocycles. The molecular weight excluding hydrogens is 224 g/mol. The van der Waals surface area contributed by atoms with Crippen LogP contribution in [-0.2, 0) is 6.42 Å². The Hall–Kier alpha value is -1.97. The van der Waals surface area contributed by atoms with E-state index in [4.69, 9.17) is 5.73 Å². The highest BCUT2D eigenvalue weighted by molar-refractivity contribution is 5.69. The number of nitrogen functional groups attached to an aromatic ring is 1. The van der Waals surface area contributed by atoms with Crippen molar-refractivity contribution in [2.45, 2.75) is 27.2 Å². The Labute approximate surface area is 107 Å². The number of aromatic nitrogens is 3. The topological polar surface area (TPSA) is 64.7 Å².